The minimum Gasteiger partial charge on any atom is -0.468 e. The first-order valence-electron chi connectivity index (χ1n) is 8.79. The Bertz CT molecular complexity index is 609. The molecule has 0 fully saturated rings. The van der Waals surface area contributed by atoms with Crippen LogP contribution in [0.1, 0.15) is 18.6 Å². The fourth-order valence-corrected chi connectivity index (χ4v) is 2.44. The number of likely N-dealkylation sites (N-methyl/N-ethyl adjacent to an activating group) is 1. The molecule has 0 unspecified atom stereocenters. The highest BCUT2D eigenvalue weighted by Crippen LogP contribution is 2.24. The van der Waals surface area contributed by atoms with Crippen LogP contribution in [0, 0.1) is 0 Å². The standard InChI is InChI=1S/C19H30N2O7/c1-13(19(23)26-5)21(2)18(22)16(20)17(25-4)14-6-8-15(9-7-14)28-12-27-11-10-24-3/h6-9,13,16-17H,10-12,20H2,1-5H3/t13-,16+,17+/m0/s1. The van der Waals surface area contributed by atoms with Gasteiger partial charge in [-0.2, -0.15) is 0 Å². The number of ether oxygens (including phenoxy) is 5. The third-order valence-electron chi connectivity index (χ3n) is 4.29. The second kappa shape index (κ2) is 12.3. The summed E-state index contributed by atoms with van der Waals surface area (Å²) in [5.74, 6) is -0.352. The molecule has 0 saturated carbocycles. The van der Waals surface area contributed by atoms with Crippen molar-refractivity contribution in [3.05, 3.63) is 29.8 Å². The van der Waals surface area contributed by atoms with Crippen molar-refractivity contribution >= 4 is 11.9 Å². The third-order valence-corrected chi connectivity index (χ3v) is 4.29. The number of hydrogen-bond acceptors (Lipinski definition) is 8. The van der Waals surface area contributed by atoms with Crippen LogP contribution in [-0.4, -0.2) is 77.2 Å². The highest BCUT2D eigenvalue weighted by atomic mass is 16.7. The minimum atomic E-state index is -0.994. The summed E-state index contributed by atoms with van der Waals surface area (Å²) in [7, 11) is 5.83. The van der Waals surface area contributed by atoms with Gasteiger partial charge < -0.3 is 34.3 Å². The molecule has 3 atom stereocenters. The van der Waals surface area contributed by atoms with Crippen LogP contribution in [0.25, 0.3) is 0 Å². The molecule has 0 spiro atoms. The number of hydrogen-bond donors (Lipinski definition) is 1. The summed E-state index contributed by atoms with van der Waals surface area (Å²) in [5.41, 5.74) is 6.82. The molecule has 1 amide bonds. The van der Waals surface area contributed by atoms with E-state index in [2.05, 4.69) is 4.74 Å². The molecule has 1 aromatic carbocycles. The Morgan fingerprint density at radius 1 is 1.11 bits per heavy atom. The zero-order valence-corrected chi connectivity index (χ0v) is 17.0. The van der Waals surface area contributed by atoms with Crippen LogP contribution < -0.4 is 10.5 Å². The Labute approximate surface area is 165 Å². The SMILES string of the molecule is COCCOCOc1ccc([C@@H](OC)[C@@H](N)C(=O)N(C)[C@@H](C)C(=O)OC)cc1. The Kier molecular flexibility index (Phi) is 10.5. The molecule has 0 aromatic heterocycles. The number of carbonyl (C=O) groups is 2. The third kappa shape index (κ3) is 6.75. The molecule has 1 rings (SSSR count). The monoisotopic (exact) mass is 398 g/mol. The second-order valence-electron chi connectivity index (χ2n) is 6.06. The van der Waals surface area contributed by atoms with Crippen LogP contribution in [0.4, 0.5) is 0 Å². The van der Waals surface area contributed by atoms with E-state index in [4.69, 9.17) is 24.7 Å². The van der Waals surface area contributed by atoms with Gasteiger partial charge in [0.15, 0.2) is 6.79 Å². The van der Waals surface area contributed by atoms with Crippen molar-refractivity contribution in [2.45, 2.75) is 25.1 Å². The van der Waals surface area contributed by atoms with Gasteiger partial charge >= 0.3 is 5.97 Å². The van der Waals surface area contributed by atoms with Gasteiger partial charge in [-0.05, 0) is 24.6 Å². The number of nitrogens with zero attached hydrogens (tertiary/aromatic N) is 1. The number of amides is 1. The van der Waals surface area contributed by atoms with Crippen molar-refractivity contribution in [3.8, 4) is 5.75 Å². The molecule has 1 aromatic rings. The molecule has 0 heterocycles. The Morgan fingerprint density at radius 2 is 1.75 bits per heavy atom. The lowest BCUT2D eigenvalue weighted by molar-refractivity contribution is -0.152. The fraction of sp³-hybridized carbons (Fsp3) is 0.579. The summed E-state index contributed by atoms with van der Waals surface area (Å²) >= 11 is 0. The summed E-state index contributed by atoms with van der Waals surface area (Å²) in [5, 5.41) is 0. The van der Waals surface area contributed by atoms with Crippen molar-refractivity contribution < 1.29 is 33.3 Å². The van der Waals surface area contributed by atoms with Crippen molar-refractivity contribution in [2.75, 3.05) is 48.4 Å². The number of nitrogens with two attached hydrogens (primary N) is 1. The molecule has 0 aliphatic carbocycles. The van der Waals surface area contributed by atoms with Crippen LogP contribution in [0.3, 0.4) is 0 Å². The van der Waals surface area contributed by atoms with Crippen molar-refractivity contribution in [1.82, 2.24) is 4.90 Å². The van der Waals surface area contributed by atoms with E-state index in [0.717, 1.165) is 0 Å². The molecular weight excluding hydrogens is 368 g/mol. The zero-order chi connectivity index (χ0) is 21.1. The molecule has 0 radical (unpaired) electrons. The predicted molar refractivity (Wildman–Crippen MR) is 102 cm³/mol. The van der Waals surface area contributed by atoms with Gasteiger partial charge in [0.1, 0.15) is 23.9 Å². The maximum Gasteiger partial charge on any atom is 0.328 e. The predicted octanol–water partition coefficient (Wildman–Crippen LogP) is 0.721. The smallest absolute Gasteiger partial charge is 0.328 e. The minimum absolute atomic E-state index is 0.102. The van der Waals surface area contributed by atoms with E-state index in [0.29, 0.717) is 24.5 Å². The average molecular weight is 398 g/mol. The maximum atomic E-state index is 12.6. The van der Waals surface area contributed by atoms with E-state index >= 15 is 0 Å². The highest BCUT2D eigenvalue weighted by molar-refractivity contribution is 5.87. The Balaban J connectivity index is 2.72. The largest absolute Gasteiger partial charge is 0.468 e. The van der Waals surface area contributed by atoms with Crippen molar-refractivity contribution in [2.24, 2.45) is 5.73 Å². The van der Waals surface area contributed by atoms with Gasteiger partial charge in [-0.3, -0.25) is 4.79 Å². The molecule has 0 saturated heterocycles. The number of rotatable bonds is 12. The van der Waals surface area contributed by atoms with E-state index in [9.17, 15) is 9.59 Å². The molecule has 0 aliphatic heterocycles. The van der Waals surface area contributed by atoms with Crippen LogP contribution >= 0.6 is 0 Å². The lowest BCUT2D eigenvalue weighted by Gasteiger charge is -2.29. The summed E-state index contributed by atoms with van der Waals surface area (Å²) in [6, 6.07) is 5.24. The first-order valence-corrected chi connectivity index (χ1v) is 8.79. The first-order chi connectivity index (χ1) is 13.4. The first kappa shape index (κ1) is 23.8. The van der Waals surface area contributed by atoms with Crippen molar-refractivity contribution in [1.29, 1.82) is 0 Å². The normalized spacial score (nSPS) is 14.1. The molecular formula is C19H30N2O7. The Morgan fingerprint density at radius 3 is 2.29 bits per heavy atom. The summed E-state index contributed by atoms with van der Waals surface area (Å²) < 4.78 is 25.7. The quantitative estimate of drug-likeness (QED) is 0.312. The maximum absolute atomic E-state index is 12.6. The zero-order valence-electron chi connectivity index (χ0n) is 17.0. The van der Waals surface area contributed by atoms with Crippen LogP contribution in [0.2, 0.25) is 0 Å². The fourth-order valence-electron chi connectivity index (χ4n) is 2.44. The molecule has 28 heavy (non-hydrogen) atoms. The molecule has 0 aliphatic rings. The van der Waals surface area contributed by atoms with E-state index in [1.807, 2.05) is 0 Å². The molecule has 9 nitrogen and oxygen atoms in total. The van der Waals surface area contributed by atoms with Crippen LogP contribution in [0.15, 0.2) is 24.3 Å². The second-order valence-corrected chi connectivity index (χ2v) is 6.06. The topological polar surface area (TPSA) is 110 Å². The number of benzene rings is 1. The average Bonchev–Trinajstić information content (AvgIpc) is 2.72. The van der Waals surface area contributed by atoms with E-state index < -0.39 is 30.1 Å². The molecule has 0 bridgehead atoms. The van der Waals surface area contributed by atoms with Crippen molar-refractivity contribution in [3.63, 3.8) is 0 Å². The Hall–Kier alpha value is -2.20. The van der Waals surface area contributed by atoms with Gasteiger partial charge in [-0.25, -0.2) is 4.79 Å². The summed E-state index contributed by atoms with van der Waals surface area (Å²) in [4.78, 5) is 25.5. The van der Waals surface area contributed by atoms with E-state index in [1.165, 1.54) is 26.2 Å². The summed E-state index contributed by atoms with van der Waals surface area (Å²) in [6.45, 7) is 2.60. The summed E-state index contributed by atoms with van der Waals surface area (Å²) in [6.07, 6.45) is -0.688. The van der Waals surface area contributed by atoms with Gasteiger partial charge in [-0.15, -0.1) is 0 Å². The highest BCUT2D eigenvalue weighted by Gasteiger charge is 2.32. The van der Waals surface area contributed by atoms with Crippen LogP contribution in [0.5, 0.6) is 5.75 Å². The van der Waals surface area contributed by atoms with Crippen LogP contribution in [-0.2, 0) is 28.5 Å². The van der Waals surface area contributed by atoms with E-state index in [-0.39, 0.29) is 6.79 Å². The number of esters is 1. The molecule has 9 heteroatoms. The lowest BCUT2D eigenvalue weighted by Crippen LogP contribution is -2.51. The lowest BCUT2D eigenvalue weighted by atomic mass is 10.0. The molecule has 158 valence electrons. The van der Waals surface area contributed by atoms with Gasteiger partial charge in [0, 0.05) is 21.3 Å². The van der Waals surface area contributed by atoms with Gasteiger partial charge in [0.05, 0.1) is 20.3 Å². The van der Waals surface area contributed by atoms with Gasteiger partial charge in [0.2, 0.25) is 5.91 Å². The molecule has 2 N–H and O–H groups in total. The van der Waals surface area contributed by atoms with Gasteiger partial charge in [0.25, 0.3) is 0 Å². The number of methoxy groups -OCH3 is 3. The number of carbonyl (C=O) groups excluding carboxylic acids is 2. The van der Waals surface area contributed by atoms with Gasteiger partial charge in [-0.1, -0.05) is 12.1 Å². The van der Waals surface area contributed by atoms with E-state index in [1.54, 1.807) is 38.3 Å².